The summed E-state index contributed by atoms with van der Waals surface area (Å²) < 4.78 is 11.6. The predicted molar refractivity (Wildman–Crippen MR) is 163 cm³/mol. The van der Waals surface area contributed by atoms with Gasteiger partial charge in [0.25, 0.3) is 11.8 Å². The number of anilines is 2. The standard InChI is InChI=1S/C34H30N4O4/c1-41-29-15-9-8-14-28(29)32(39)35-26-18-16-24(17-19-26)31-30(36-33(42-31)25-10-4-2-5-11-25)34(40)38-22-20-37(21-23-38)27-12-6-3-7-13-27/h2-19H,20-23H2,1H3,(H,35,39). The summed E-state index contributed by atoms with van der Waals surface area (Å²) in [6.07, 6.45) is 0. The molecule has 0 bridgehead atoms. The fraction of sp³-hybridized carbons (Fsp3) is 0.147. The van der Waals surface area contributed by atoms with E-state index in [0.717, 1.165) is 24.3 Å². The molecule has 1 fully saturated rings. The molecule has 1 saturated heterocycles. The highest BCUT2D eigenvalue weighted by Gasteiger charge is 2.29. The SMILES string of the molecule is COc1ccccc1C(=O)Nc1ccc(-c2oc(-c3ccccc3)nc2C(=O)N2CCN(c3ccccc3)CC2)cc1. The fourth-order valence-electron chi connectivity index (χ4n) is 5.06. The van der Waals surface area contributed by atoms with Gasteiger partial charge in [-0.3, -0.25) is 9.59 Å². The number of hydrogen-bond acceptors (Lipinski definition) is 6. The van der Waals surface area contributed by atoms with Crippen molar-refractivity contribution in [1.82, 2.24) is 9.88 Å². The Morgan fingerprint density at radius 3 is 2.10 bits per heavy atom. The average Bonchev–Trinajstić information content (AvgIpc) is 3.51. The number of carbonyl (C=O) groups is 2. The number of methoxy groups -OCH3 is 1. The average molecular weight is 559 g/mol. The van der Waals surface area contributed by atoms with Crippen LogP contribution in [0.25, 0.3) is 22.8 Å². The number of nitrogens with zero attached hydrogens (tertiary/aromatic N) is 3. The van der Waals surface area contributed by atoms with Crippen molar-refractivity contribution in [2.24, 2.45) is 0 Å². The fourth-order valence-corrected chi connectivity index (χ4v) is 5.06. The molecule has 2 amide bonds. The highest BCUT2D eigenvalue weighted by molar-refractivity contribution is 6.06. The van der Waals surface area contributed by atoms with Crippen LogP contribution < -0.4 is 15.0 Å². The van der Waals surface area contributed by atoms with Gasteiger partial charge in [0.05, 0.1) is 12.7 Å². The quantitative estimate of drug-likeness (QED) is 0.255. The summed E-state index contributed by atoms with van der Waals surface area (Å²) in [7, 11) is 1.53. The van der Waals surface area contributed by atoms with Gasteiger partial charge in [0.1, 0.15) is 5.75 Å². The summed E-state index contributed by atoms with van der Waals surface area (Å²) in [5.41, 5.74) is 3.93. The molecule has 2 heterocycles. The van der Waals surface area contributed by atoms with Gasteiger partial charge in [-0.2, -0.15) is 0 Å². The van der Waals surface area contributed by atoms with Crippen molar-refractivity contribution in [3.05, 3.63) is 120 Å². The van der Waals surface area contributed by atoms with Crippen molar-refractivity contribution < 1.29 is 18.7 Å². The molecule has 210 valence electrons. The predicted octanol–water partition coefficient (Wildman–Crippen LogP) is 6.23. The van der Waals surface area contributed by atoms with Crippen LogP contribution >= 0.6 is 0 Å². The Labute approximate surface area is 244 Å². The van der Waals surface area contributed by atoms with E-state index >= 15 is 0 Å². The first kappa shape index (κ1) is 26.8. The van der Waals surface area contributed by atoms with E-state index in [1.165, 1.54) is 7.11 Å². The summed E-state index contributed by atoms with van der Waals surface area (Å²) in [5, 5.41) is 2.90. The summed E-state index contributed by atoms with van der Waals surface area (Å²) in [4.78, 5) is 35.5. The largest absolute Gasteiger partial charge is 0.496 e. The molecule has 1 N–H and O–H groups in total. The van der Waals surface area contributed by atoms with E-state index in [4.69, 9.17) is 9.15 Å². The first-order valence-electron chi connectivity index (χ1n) is 13.8. The van der Waals surface area contributed by atoms with Gasteiger partial charge in [0.15, 0.2) is 11.5 Å². The van der Waals surface area contributed by atoms with E-state index in [1.54, 1.807) is 30.3 Å². The maximum absolute atomic E-state index is 13.8. The van der Waals surface area contributed by atoms with Crippen molar-refractivity contribution in [2.75, 3.05) is 43.5 Å². The third-order valence-corrected chi connectivity index (χ3v) is 7.30. The highest BCUT2D eigenvalue weighted by atomic mass is 16.5. The van der Waals surface area contributed by atoms with Crippen LogP contribution in [0.5, 0.6) is 5.75 Å². The molecule has 8 nitrogen and oxygen atoms in total. The Bertz CT molecular complexity index is 1680. The summed E-state index contributed by atoms with van der Waals surface area (Å²) in [5.74, 6) is 0.820. The number of ether oxygens (including phenoxy) is 1. The molecule has 0 unspecified atom stereocenters. The molecule has 0 saturated carbocycles. The zero-order chi connectivity index (χ0) is 28.9. The number of carbonyl (C=O) groups excluding carboxylic acids is 2. The minimum atomic E-state index is -0.281. The van der Waals surface area contributed by atoms with Gasteiger partial charge in [0, 0.05) is 48.7 Å². The molecular weight excluding hydrogens is 528 g/mol. The van der Waals surface area contributed by atoms with Gasteiger partial charge in [-0.05, 0) is 60.7 Å². The Kier molecular flexibility index (Phi) is 7.68. The molecule has 1 aliphatic rings. The maximum atomic E-state index is 13.8. The number of rotatable bonds is 7. The highest BCUT2D eigenvalue weighted by Crippen LogP contribution is 2.32. The first-order valence-corrected chi connectivity index (χ1v) is 13.8. The van der Waals surface area contributed by atoms with Gasteiger partial charge < -0.3 is 24.3 Å². The van der Waals surface area contributed by atoms with Crippen LogP contribution in [-0.2, 0) is 0 Å². The number of hydrogen-bond donors (Lipinski definition) is 1. The van der Waals surface area contributed by atoms with Crippen LogP contribution in [0.15, 0.2) is 114 Å². The monoisotopic (exact) mass is 558 g/mol. The second-order valence-electron chi connectivity index (χ2n) is 9.91. The van der Waals surface area contributed by atoms with Crippen LogP contribution in [0.3, 0.4) is 0 Å². The van der Waals surface area contributed by atoms with Crippen molar-refractivity contribution in [3.63, 3.8) is 0 Å². The van der Waals surface area contributed by atoms with Crippen LogP contribution in [0.4, 0.5) is 11.4 Å². The minimum absolute atomic E-state index is 0.169. The van der Waals surface area contributed by atoms with Crippen molar-refractivity contribution in [3.8, 4) is 28.5 Å². The molecule has 1 aliphatic heterocycles. The van der Waals surface area contributed by atoms with E-state index in [0.29, 0.717) is 47.3 Å². The molecule has 4 aromatic carbocycles. The number of para-hydroxylation sites is 2. The molecule has 0 spiro atoms. The Morgan fingerprint density at radius 1 is 0.762 bits per heavy atom. The zero-order valence-electron chi connectivity index (χ0n) is 23.2. The molecular formula is C34H30N4O4. The van der Waals surface area contributed by atoms with Gasteiger partial charge >= 0.3 is 0 Å². The lowest BCUT2D eigenvalue weighted by Crippen LogP contribution is -2.49. The van der Waals surface area contributed by atoms with E-state index in [1.807, 2.05) is 71.6 Å². The summed E-state index contributed by atoms with van der Waals surface area (Å²) in [6, 6.07) is 34.0. The van der Waals surface area contributed by atoms with E-state index in [2.05, 4.69) is 27.3 Å². The third kappa shape index (κ3) is 5.60. The van der Waals surface area contributed by atoms with Crippen molar-refractivity contribution >= 4 is 23.2 Å². The topological polar surface area (TPSA) is 87.9 Å². The van der Waals surface area contributed by atoms with Crippen LogP contribution in [0.2, 0.25) is 0 Å². The zero-order valence-corrected chi connectivity index (χ0v) is 23.2. The number of piperazine rings is 1. The Hall–Kier alpha value is -5.37. The third-order valence-electron chi connectivity index (χ3n) is 7.30. The van der Waals surface area contributed by atoms with Crippen LogP contribution in [0.1, 0.15) is 20.8 Å². The van der Waals surface area contributed by atoms with E-state index in [-0.39, 0.29) is 17.5 Å². The molecule has 42 heavy (non-hydrogen) atoms. The molecule has 1 aromatic heterocycles. The van der Waals surface area contributed by atoms with E-state index < -0.39 is 0 Å². The van der Waals surface area contributed by atoms with Crippen LogP contribution in [0, 0.1) is 0 Å². The number of nitrogens with one attached hydrogen (secondary N) is 1. The minimum Gasteiger partial charge on any atom is -0.496 e. The maximum Gasteiger partial charge on any atom is 0.276 e. The van der Waals surface area contributed by atoms with Gasteiger partial charge in [-0.1, -0.05) is 48.5 Å². The first-order chi connectivity index (χ1) is 20.6. The Morgan fingerprint density at radius 2 is 1.40 bits per heavy atom. The van der Waals surface area contributed by atoms with Gasteiger partial charge in [-0.25, -0.2) is 4.98 Å². The summed E-state index contributed by atoms with van der Waals surface area (Å²) in [6.45, 7) is 2.62. The number of benzene rings is 4. The summed E-state index contributed by atoms with van der Waals surface area (Å²) >= 11 is 0. The number of aromatic nitrogens is 1. The van der Waals surface area contributed by atoms with E-state index in [9.17, 15) is 9.59 Å². The lowest BCUT2D eigenvalue weighted by atomic mass is 10.1. The molecule has 5 aromatic rings. The smallest absolute Gasteiger partial charge is 0.276 e. The number of amides is 2. The molecule has 8 heteroatoms. The second-order valence-corrected chi connectivity index (χ2v) is 9.91. The lowest BCUT2D eigenvalue weighted by molar-refractivity contribution is 0.0741. The normalized spacial score (nSPS) is 13.1. The Balaban J connectivity index is 1.25. The lowest BCUT2D eigenvalue weighted by Gasteiger charge is -2.35. The second kappa shape index (κ2) is 12.0. The molecule has 6 rings (SSSR count). The van der Waals surface area contributed by atoms with Crippen LogP contribution in [-0.4, -0.2) is 55.0 Å². The van der Waals surface area contributed by atoms with Crippen molar-refractivity contribution in [1.29, 1.82) is 0 Å². The number of oxazole rings is 1. The van der Waals surface area contributed by atoms with Gasteiger partial charge in [0.2, 0.25) is 5.89 Å². The molecule has 0 radical (unpaired) electrons. The van der Waals surface area contributed by atoms with Gasteiger partial charge in [-0.15, -0.1) is 0 Å². The molecule has 0 atom stereocenters. The van der Waals surface area contributed by atoms with Crippen molar-refractivity contribution in [2.45, 2.75) is 0 Å². The molecule has 0 aliphatic carbocycles.